The van der Waals surface area contributed by atoms with Crippen LogP contribution in [-0.4, -0.2) is 5.91 Å². The number of anilines is 1. The van der Waals surface area contributed by atoms with Crippen molar-refractivity contribution in [2.45, 2.75) is 6.04 Å². The lowest BCUT2D eigenvalue weighted by atomic mass is 10.1. The summed E-state index contributed by atoms with van der Waals surface area (Å²) in [4.78, 5) is 11.7. The number of halogens is 3. The number of benzene rings is 2. The highest BCUT2D eigenvalue weighted by Gasteiger charge is 2.20. The molecule has 3 nitrogen and oxygen atoms in total. The number of hydrogen-bond donors (Lipinski definition) is 2. The maximum atomic E-state index is 11.7. The molecule has 3 N–H and O–H groups in total. The monoisotopic (exact) mass is 372 g/mol. The van der Waals surface area contributed by atoms with Crippen LogP contribution in [0.2, 0.25) is 10.0 Å². The van der Waals surface area contributed by atoms with Gasteiger partial charge in [-0.05, 0) is 36.4 Å². The minimum absolute atomic E-state index is 0.394. The van der Waals surface area contributed by atoms with Crippen LogP contribution < -0.4 is 11.1 Å². The molecule has 2 rings (SSSR count). The summed E-state index contributed by atoms with van der Waals surface area (Å²) in [5, 5.41) is 3.96. The van der Waals surface area contributed by atoms with E-state index in [1.807, 2.05) is 24.3 Å². The number of carbonyl (C=O) groups is 1. The van der Waals surface area contributed by atoms with E-state index in [0.717, 1.165) is 10.2 Å². The number of nitrogens with one attached hydrogen (secondary N) is 1. The van der Waals surface area contributed by atoms with Gasteiger partial charge in [-0.2, -0.15) is 0 Å². The molecule has 20 heavy (non-hydrogen) atoms. The summed E-state index contributed by atoms with van der Waals surface area (Å²) >= 11 is 15.3. The topological polar surface area (TPSA) is 55.1 Å². The second-order valence-electron chi connectivity index (χ2n) is 4.15. The predicted molar refractivity (Wildman–Crippen MR) is 86.2 cm³/mol. The molecule has 0 spiro atoms. The van der Waals surface area contributed by atoms with Crippen LogP contribution in [0, 0.1) is 0 Å². The molecular formula is C14H11BrCl2N2O. The van der Waals surface area contributed by atoms with E-state index in [9.17, 15) is 4.79 Å². The van der Waals surface area contributed by atoms with E-state index < -0.39 is 11.9 Å². The van der Waals surface area contributed by atoms with Gasteiger partial charge in [-0.25, -0.2) is 0 Å². The van der Waals surface area contributed by atoms with Crippen molar-refractivity contribution in [2.75, 3.05) is 5.32 Å². The van der Waals surface area contributed by atoms with E-state index in [1.54, 1.807) is 18.2 Å². The first kappa shape index (κ1) is 15.2. The van der Waals surface area contributed by atoms with Crippen molar-refractivity contribution in [1.29, 1.82) is 0 Å². The van der Waals surface area contributed by atoms with Crippen molar-refractivity contribution >= 4 is 50.7 Å². The molecule has 0 aromatic heterocycles. The Hall–Kier alpha value is -1.23. The molecule has 0 saturated heterocycles. The number of hydrogen-bond acceptors (Lipinski definition) is 2. The lowest BCUT2D eigenvalue weighted by molar-refractivity contribution is -0.118. The standard InChI is InChI=1S/C14H11BrCl2N2O/c15-8-1-4-10(5-2-8)19-13(14(18)20)11-6-3-9(16)7-12(11)17/h1-7,13,19H,(H2,18,20). The second-order valence-corrected chi connectivity index (χ2v) is 5.91. The highest BCUT2D eigenvalue weighted by Crippen LogP contribution is 2.29. The molecular weight excluding hydrogens is 363 g/mol. The van der Waals surface area contributed by atoms with Gasteiger partial charge in [0.05, 0.1) is 0 Å². The molecule has 0 fully saturated rings. The van der Waals surface area contributed by atoms with Gasteiger partial charge in [0.1, 0.15) is 6.04 Å². The van der Waals surface area contributed by atoms with Gasteiger partial charge in [0.15, 0.2) is 0 Å². The van der Waals surface area contributed by atoms with Crippen LogP contribution in [0.15, 0.2) is 46.9 Å². The summed E-state index contributed by atoms with van der Waals surface area (Å²) in [5.74, 6) is -0.517. The zero-order valence-electron chi connectivity index (χ0n) is 10.2. The molecule has 6 heteroatoms. The van der Waals surface area contributed by atoms with Crippen LogP contribution in [-0.2, 0) is 4.79 Å². The molecule has 1 amide bonds. The van der Waals surface area contributed by atoms with E-state index in [2.05, 4.69) is 21.2 Å². The van der Waals surface area contributed by atoms with E-state index in [-0.39, 0.29) is 0 Å². The summed E-state index contributed by atoms with van der Waals surface area (Å²) in [6.07, 6.45) is 0. The number of nitrogens with two attached hydrogens (primary N) is 1. The molecule has 1 atom stereocenters. The van der Waals surface area contributed by atoms with Crippen molar-refractivity contribution in [1.82, 2.24) is 0 Å². The zero-order chi connectivity index (χ0) is 14.7. The molecule has 0 saturated carbocycles. The van der Waals surface area contributed by atoms with Crippen LogP contribution in [0.3, 0.4) is 0 Å². The third-order valence-electron chi connectivity index (χ3n) is 2.71. The second kappa shape index (κ2) is 6.48. The Morgan fingerprint density at radius 2 is 1.80 bits per heavy atom. The maximum Gasteiger partial charge on any atom is 0.244 e. The molecule has 0 heterocycles. The Kier molecular flexibility index (Phi) is 4.91. The first-order valence-corrected chi connectivity index (χ1v) is 7.28. The van der Waals surface area contributed by atoms with Gasteiger partial charge in [-0.15, -0.1) is 0 Å². The first-order chi connectivity index (χ1) is 9.47. The van der Waals surface area contributed by atoms with Crippen molar-refractivity contribution in [3.63, 3.8) is 0 Å². The Morgan fingerprint density at radius 3 is 2.35 bits per heavy atom. The normalized spacial score (nSPS) is 11.9. The summed E-state index contributed by atoms with van der Waals surface area (Å²) in [6.45, 7) is 0. The number of rotatable bonds is 4. The van der Waals surface area contributed by atoms with E-state index >= 15 is 0 Å². The van der Waals surface area contributed by atoms with Crippen molar-refractivity contribution in [3.05, 3.63) is 62.5 Å². The summed E-state index contributed by atoms with van der Waals surface area (Å²) < 4.78 is 0.947. The molecule has 0 aliphatic rings. The number of carbonyl (C=O) groups excluding carboxylic acids is 1. The van der Waals surface area contributed by atoms with Gasteiger partial charge in [0, 0.05) is 25.8 Å². The molecule has 1 unspecified atom stereocenters. The Bertz CT molecular complexity index is 632. The SMILES string of the molecule is NC(=O)C(Nc1ccc(Br)cc1)c1ccc(Cl)cc1Cl. The van der Waals surface area contributed by atoms with Crippen LogP contribution in [0.5, 0.6) is 0 Å². The van der Waals surface area contributed by atoms with Gasteiger partial charge >= 0.3 is 0 Å². The van der Waals surface area contributed by atoms with Crippen LogP contribution >= 0.6 is 39.1 Å². The van der Waals surface area contributed by atoms with Crippen molar-refractivity contribution in [3.8, 4) is 0 Å². The third-order valence-corrected chi connectivity index (χ3v) is 3.80. The molecule has 2 aromatic carbocycles. The van der Waals surface area contributed by atoms with Crippen molar-refractivity contribution in [2.24, 2.45) is 5.73 Å². The lowest BCUT2D eigenvalue weighted by Gasteiger charge is -2.18. The predicted octanol–water partition coefficient (Wildman–Crippen LogP) is 4.39. The average Bonchev–Trinajstić information content (AvgIpc) is 2.39. The van der Waals surface area contributed by atoms with Gasteiger partial charge in [-0.3, -0.25) is 4.79 Å². The fraction of sp³-hybridized carbons (Fsp3) is 0.0714. The number of amides is 1. The smallest absolute Gasteiger partial charge is 0.244 e. The van der Waals surface area contributed by atoms with Gasteiger partial charge in [0.2, 0.25) is 5.91 Å². The molecule has 0 aliphatic heterocycles. The number of primary amides is 1. The summed E-state index contributed by atoms with van der Waals surface area (Å²) in [7, 11) is 0. The molecule has 0 bridgehead atoms. The fourth-order valence-corrected chi connectivity index (χ4v) is 2.53. The van der Waals surface area contributed by atoms with Crippen molar-refractivity contribution < 1.29 is 4.79 Å². The van der Waals surface area contributed by atoms with Crippen LogP contribution in [0.1, 0.15) is 11.6 Å². The van der Waals surface area contributed by atoms with E-state index in [1.165, 1.54) is 0 Å². The van der Waals surface area contributed by atoms with Gasteiger partial charge < -0.3 is 11.1 Å². The summed E-state index contributed by atoms with van der Waals surface area (Å²) in [6, 6.07) is 11.6. The van der Waals surface area contributed by atoms with E-state index in [0.29, 0.717) is 15.6 Å². The minimum atomic E-state index is -0.721. The highest BCUT2D eigenvalue weighted by molar-refractivity contribution is 9.10. The zero-order valence-corrected chi connectivity index (χ0v) is 13.3. The average molecular weight is 374 g/mol. The quantitative estimate of drug-likeness (QED) is 0.834. The molecule has 2 aromatic rings. The van der Waals surface area contributed by atoms with Gasteiger partial charge in [0.25, 0.3) is 0 Å². The Labute approximate surface area is 135 Å². The molecule has 104 valence electrons. The van der Waals surface area contributed by atoms with Crippen LogP contribution in [0.4, 0.5) is 5.69 Å². The third kappa shape index (κ3) is 3.66. The lowest BCUT2D eigenvalue weighted by Crippen LogP contribution is -2.28. The van der Waals surface area contributed by atoms with E-state index in [4.69, 9.17) is 28.9 Å². The molecule has 0 aliphatic carbocycles. The first-order valence-electron chi connectivity index (χ1n) is 5.74. The largest absolute Gasteiger partial charge is 0.370 e. The Morgan fingerprint density at radius 1 is 1.15 bits per heavy atom. The maximum absolute atomic E-state index is 11.7. The van der Waals surface area contributed by atoms with Gasteiger partial charge in [-0.1, -0.05) is 45.2 Å². The summed E-state index contributed by atoms with van der Waals surface area (Å²) in [5.41, 5.74) is 6.81. The molecule has 0 radical (unpaired) electrons. The Balaban J connectivity index is 2.31. The highest BCUT2D eigenvalue weighted by atomic mass is 79.9. The minimum Gasteiger partial charge on any atom is -0.370 e. The fourth-order valence-electron chi connectivity index (χ4n) is 1.75. The van der Waals surface area contributed by atoms with Crippen LogP contribution in [0.25, 0.3) is 0 Å².